The zero-order chi connectivity index (χ0) is 14.0. The van der Waals surface area contributed by atoms with Crippen LogP contribution < -0.4 is 5.32 Å². The van der Waals surface area contributed by atoms with E-state index >= 15 is 0 Å². The van der Waals surface area contributed by atoms with E-state index in [4.69, 9.17) is 0 Å². The van der Waals surface area contributed by atoms with E-state index in [0.717, 1.165) is 28.1 Å². The molecule has 0 aliphatic rings. The van der Waals surface area contributed by atoms with Crippen molar-refractivity contribution in [3.05, 3.63) is 45.7 Å². The van der Waals surface area contributed by atoms with Crippen LogP contribution in [0.3, 0.4) is 0 Å². The van der Waals surface area contributed by atoms with E-state index in [0.29, 0.717) is 6.04 Å². The van der Waals surface area contributed by atoms with Crippen LogP contribution in [0, 0.1) is 13.8 Å². The van der Waals surface area contributed by atoms with Gasteiger partial charge in [0.15, 0.2) is 0 Å². The van der Waals surface area contributed by atoms with Crippen LogP contribution in [0.25, 0.3) is 5.69 Å². The summed E-state index contributed by atoms with van der Waals surface area (Å²) in [6, 6.07) is 8.83. The molecule has 102 valence electrons. The lowest BCUT2D eigenvalue weighted by Crippen LogP contribution is -2.18. The summed E-state index contributed by atoms with van der Waals surface area (Å²) in [4.78, 5) is 0. The fourth-order valence-electron chi connectivity index (χ4n) is 2.31. The molecule has 0 aliphatic heterocycles. The number of aromatic nitrogens is 2. The molecule has 0 saturated carbocycles. The SMILES string of the molecule is CCNC(C)c1ccc(-n2nc(C)cc2C)cc1Br. The third-order valence-corrected chi connectivity index (χ3v) is 3.90. The molecule has 0 amide bonds. The lowest BCUT2D eigenvalue weighted by atomic mass is 10.1. The van der Waals surface area contributed by atoms with Crippen molar-refractivity contribution in [3.8, 4) is 5.69 Å². The third kappa shape index (κ3) is 3.07. The first kappa shape index (κ1) is 14.3. The summed E-state index contributed by atoms with van der Waals surface area (Å²) in [5.74, 6) is 0. The number of hydrogen-bond donors (Lipinski definition) is 1. The predicted molar refractivity (Wildman–Crippen MR) is 82.8 cm³/mol. The number of halogens is 1. The van der Waals surface area contributed by atoms with Crippen LogP contribution in [0.2, 0.25) is 0 Å². The van der Waals surface area contributed by atoms with Crippen LogP contribution in [0.15, 0.2) is 28.7 Å². The van der Waals surface area contributed by atoms with Crippen molar-refractivity contribution >= 4 is 15.9 Å². The second-order valence-corrected chi connectivity index (χ2v) is 5.68. The Morgan fingerprint density at radius 1 is 1.32 bits per heavy atom. The molecule has 1 unspecified atom stereocenters. The van der Waals surface area contributed by atoms with Gasteiger partial charge >= 0.3 is 0 Å². The maximum atomic E-state index is 4.51. The summed E-state index contributed by atoms with van der Waals surface area (Å²) >= 11 is 3.67. The van der Waals surface area contributed by atoms with Crippen molar-refractivity contribution in [2.45, 2.75) is 33.7 Å². The van der Waals surface area contributed by atoms with Crippen LogP contribution in [0.5, 0.6) is 0 Å². The largest absolute Gasteiger partial charge is 0.310 e. The molecule has 3 nitrogen and oxygen atoms in total. The number of nitrogens with zero attached hydrogens (tertiary/aromatic N) is 2. The summed E-state index contributed by atoms with van der Waals surface area (Å²) in [5.41, 5.74) is 4.55. The first-order valence-corrected chi connectivity index (χ1v) is 7.38. The van der Waals surface area contributed by atoms with E-state index in [2.05, 4.69) is 71.4 Å². The van der Waals surface area contributed by atoms with Gasteiger partial charge in [-0.25, -0.2) is 4.68 Å². The molecule has 1 heterocycles. The van der Waals surface area contributed by atoms with E-state index < -0.39 is 0 Å². The van der Waals surface area contributed by atoms with E-state index in [1.807, 2.05) is 11.6 Å². The van der Waals surface area contributed by atoms with Crippen molar-refractivity contribution in [1.29, 1.82) is 0 Å². The second-order valence-electron chi connectivity index (χ2n) is 4.82. The van der Waals surface area contributed by atoms with Crippen LogP contribution in [-0.2, 0) is 0 Å². The zero-order valence-corrected chi connectivity index (χ0v) is 13.5. The molecule has 1 atom stereocenters. The molecular weight excluding hydrogens is 302 g/mol. The Bertz CT molecular complexity index is 575. The minimum atomic E-state index is 0.342. The highest BCUT2D eigenvalue weighted by molar-refractivity contribution is 9.10. The first-order valence-electron chi connectivity index (χ1n) is 6.59. The summed E-state index contributed by atoms with van der Waals surface area (Å²) < 4.78 is 3.09. The Hall–Kier alpha value is -1.13. The molecule has 0 spiro atoms. The number of hydrogen-bond acceptors (Lipinski definition) is 2. The number of nitrogens with one attached hydrogen (secondary N) is 1. The van der Waals surface area contributed by atoms with Crippen LogP contribution in [-0.4, -0.2) is 16.3 Å². The summed E-state index contributed by atoms with van der Waals surface area (Å²) in [5, 5.41) is 7.94. The van der Waals surface area contributed by atoms with Gasteiger partial charge in [0.25, 0.3) is 0 Å². The van der Waals surface area contributed by atoms with Crippen molar-refractivity contribution < 1.29 is 0 Å². The number of aryl methyl sites for hydroxylation is 2. The average molecular weight is 322 g/mol. The Kier molecular flexibility index (Phi) is 4.42. The van der Waals surface area contributed by atoms with E-state index in [1.165, 1.54) is 5.56 Å². The molecule has 0 fully saturated rings. The molecule has 0 saturated heterocycles. The maximum absolute atomic E-state index is 4.51. The Morgan fingerprint density at radius 2 is 2.05 bits per heavy atom. The minimum Gasteiger partial charge on any atom is -0.310 e. The first-order chi connectivity index (χ1) is 9.02. The molecule has 4 heteroatoms. The average Bonchev–Trinajstić information content (AvgIpc) is 2.68. The molecule has 0 bridgehead atoms. The molecule has 1 N–H and O–H groups in total. The van der Waals surface area contributed by atoms with Gasteiger partial charge in [-0.1, -0.05) is 28.9 Å². The molecule has 0 radical (unpaired) electrons. The highest BCUT2D eigenvalue weighted by Gasteiger charge is 2.10. The standard InChI is InChI=1S/C15H20BrN3/c1-5-17-12(4)14-7-6-13(9-15(14)16)19-11(3)8-10(2)18-19/h6-9,12,17H,5H2,1-4H3. The Morgan fingerprint density at radius 3 is 2.58 bits per heavy atom. The van der Waals surface area contributed by atoms with E-state index in [9.17, 15) is 0 Å². The second kappa shape index (κ2) is 5.88. The lowest BCUT2D eigenvalue weighted by Gasteiger charge is -2.16. The van der Waals surface area contributed by atoms with Gasteiger partial charge in [-0.3, -0.25) is 0 Å². The lowest BCUT2D eigenvalue weighted by molar-refractivity contribution is 0.596. The van der Waals surface area contributed by atoms with Gasteiger partial charge in [0.05, 0.1) is 11.4 Å². The summed E-state index contributed by atoms with van der Waals surface area (Å²) in [6.07, 6.45) is 0. The monoisotopic (exact) mass is 321 g/mol. The molecular formula is C15H20BrN3. The smallest absolute Gasteiger partial charge is 0.0660 e. The van der Waals surface area contributed by atoms with Gasteiger partial charge in [0.2, 0.25) is 0 Å². The van der Waals surface area contributed by atoms with E-state index in [1.54, 1.807) is 0 Å². The molecule has 2 rings (SSSR count). The summed E-state index contributed by atoms with van der Waals surface area (Å²) in [6.45, 7) is 9.34. The normalized spacial score (nSPS) is 12.7. The molecule has 2 aromatic rings. The van der Waals surface area contributed by atoms with Gasteiger partial charge in [0, 0.05) is 16.2 Å². The van der Waals surface area contributed by atoms with Crippen LogP contribution in [0.4, 0.5) is 0 Å². The van der Waals surface area contributed by atoms with Crippen molar-refractivity contribution in [1.82, 2.24) is 15.1 Å². The zero-order valence-electron chi connectivity index (χ0n) is 11.9. The highest BCUT2D eigenvalue weighted by atomic mass is 79.9. The van der Waals surface area contributed by atoms with Gasteiger partial charge in [-0.05, 0) is 51.1 Å². The molecule has 19 heavy (non-hydrogen) atoms. The van der Waals surface area contributed by atoms with E-state index in [-0.39, 0.29) is 0 Å². The summed E-state index contributed by atoms with van der Waals surface area (Å²) in [7, 11) is 0. The third-order valence-electron chi connectivity index (χ3n) is 3.22. The number of benzene rings is 1. The fraction of sp³-hybridized carbons (Fsp3) is 0.400. The van der Waals surface area contributed by atoms with Crippen molar-refractivity contribution in [2.24, 2.45) is 0 Å². The highest BCUT2D eigenvalue weighted by Crippen LogP contribution is 2.26. The topological polar surface area (TPSA) is 29.9 Å². The minimum absolute atomic E-state index is 0.342. The van der Waals surface area contributed by atoms with Crippen LogP contribution in [0.1, 0.15) is 36.8 Å². The van der Waals surface area contributed by atoms with Gasteiger partial charge < -0.3 is 5.32 Å². The van der Waals surface area contributed by atoms with Gasteiger partial charge in [-0.2, -0.15) is 5.10 Å². The van der Waals surface area contributed by atoms with Crippen LogP contribution >= 0.6 is 15.9 Å². The van der Waals surface area contributed by atoms with Gasteiger partial charge in [-0.15, -0.1) is 0 Å². The van der Waals surface area contributed by atoms with Crippen molar-refractivity contribution in [2.75, 3.05) is 6.54 Å². The predicted octanol–water partition coefficient (Wildman–Crippen LogP) is 3.92. The fourth-order valence-corrected chi connectivity index (χ4v) is 3.02. The quantitative estimate of drug-likeness (QED) is 0.924. The van der Waals surface area contributed by atoms with Gasteiger partial charge in [0.1, 0.15) is 0 Å². The molecule has 1 aromatic heterocycles. The maximum Gasteiger partial charge on any atom is 0.0660 e. The molecule has 1 aromatic carbocycles. The Balaban J connectivity index is 2.36. The number of rotatable bonds is 4. The van der Waals surface area contributed by atoms with Crippen molar-refractivity contribution in [3.63, 3.8) is 0 Å². The Labute approximate surface area is 123 Å². The molecule has 0 aliphatic carbocycles.